The third kappa shape index (κ3) is 3.92. The number of carbonyl (C=O) groups is 3. The molecule has 8 nitrogen and oxygen atoms in total. The molecule has 196 valence electrons. The Morgan fingerprint density at radius 2 is 1.61 bits per heavy atom. The van der Waals surface area contributed by atoms with Crippen molar-refractivity contribution in [1.29, 1.82) is 0 Å². The number of hydrogen-bond acceptors (Lipinski definition) is 7. The lowest BCUT2D eigenvalue weighted by atomic mass is 9.75. The summed E-state index contributed by atoms with van der Waals surface area (Å²) in [5, 5.41) is 3.42. The molecule has 0 radical (unpaired) electrons. The van der Waals surface area contributed by atoms with Crippen LogP contribution in [0.1, 0.15) is 24.1 Å². The number of nitrogens with zero attached hydrogens (tertiary/aromatic N) is 2. The van der Waals surface area contributed by atoms with E-state index in [1.165, 1.54) is 12.0 Å². The smallest absolute Gasteiger partial charge is 0.331 e. The largest absolute Gasteiger partial charge is 0.494 e. The number of anilines is 2. The molecule has 2 saturated heterocycles. The zero-order valence-electron chi connectivity index (χ0n) is 21.9. The summed E-state index contributed by atoms with van der Waals surface area (Å²) < 4.78 is 10.8. The standard InChI is InChI=1S/C30H31N3O5/c1-5-38-23-17-15-22(16-18-23)33-27(34)24-25(28(33)35)30(29(36)37-4,20-9-7-6-8-10-20)31-26(24)19-11-13-21(14-12-19)32(2)3/h6-18,24-26,31H,5H2,1-4H3/t24-,25+,26-,30+/m0/s1. The molecule has 0 spiro atoms. The van der Waals surface area contributed by atoms with Gasteiger partial charge in [-0.05, 0) is 54.4 Å². The topological polar surface area (TPSA) is 88.2 Å². The number of carbonyl (C=O) groups excluding carboxylic acids is 3. The van der Waals surface area contributed by atoms with Gasteiger partial charge in [0.15, 0.2) is 5.54 Å². The van der Waals surface area contributed by atoms with Crippen LogP contribution in [0.15, 0.2) is 78.9 Å². The second-order valence-corrected chi connectivity index (χ2v) is 9.72. The molecule has 0 aliphatic carbocycles. The Bertz CT molecular complexity index is 1340. The van der Waals surface area contributed by atoms with Crippen LogP contribution in [0.4, 0.5) is 11.4 Å². The summed E-state index contributed by atoms with van der Waals surface area (Å²) >= 11 is 0. The van der Waals surface area contributed by atoms with Gasteiger partial charge in [0.05, 0.1) is 31.2 Å². The van der Waals surface area contributed by atoms with Crippen molar-refractivity contribution in [3.8, 4) is 5.75 Å². The molecule has 2 amide bonds. The van der Waals surface area contributed by atoms with Crippen LogP contribution in [0.25, 0.3) is 0 Å². The highest BCUT2D eigenvalue weighted by Crippen LogP contribution is 2.54. The van der Waals surface area contributed by atoms with Crippen molar-refractivity contribution < 1.29 is 23.9 Å². The molecule has 0 aromatic heterocycles. The highest BCUT2D eigenvalue weighted by Gasteiger charge is 2.69. The van der Waals surface area contributed by atoms with Crippen LogP contribution in [0.5, 0.6) is 5.75 Å². The van der Waals surface area contributed by atoms with Crippen molar-refractivity contribution in [2.24, 2.45) is 11.8 Å². The van der Waals surface area contributed by atoms with Crippen molar-refractivity contribution in [1.82, 2.24) is 5.32 Å². The minimum Gasteiger partial charge on any atom is -0.494 e. The minimum atomic E-state index is -1.54. The lowest BCUT2D eigenvalue weighted by Crippen LogP contribution is -2.53. The Kier molecular flexibility index (Phi) is 6.67. The molecule has 2 heterocycles. The van der Waals surface area contributed by atoms with Crippen LogP contribution in [-0.4, -0.2) is 45.6 Å². The normalized spacial score (nSPS) is 24.3. The van der Waals surface area contributed by atoms with Gasteiger partial charge in [-0.25, -0.2) is 9.69 Å². The Balaban J connectivity index is 1.66. The molecule has 5 rings (SSSR count). The Morgan fingerprint density at radius 1 is 0.947 bits per heavy atom. The van der Waals surface area contributed by atoms with Crippen molar-refractivity contribution in [3.05, 3.63) is 90.0 Å². The van der Waals surface area contributed by atoms with Crippen LogP contribution in [0.2, 0.25) is 0 Å². The van der Waals surface area contributed by atoms with Gasteiger partial charge in [-0.15, -0.1) is 0 Å². The third-order valence-corrected chi connectivity index (χ3v) is 7.47. The fourth-order valence-corrected chi connectivity index (χ4v) is 5.72. The van der Waals surface area contributed by atoms with E-state index in [9.17, 15) is 14.4 Å². The van der Waals surface area contributed by atoms with Gasteiger partial charge in [0.2, 0.25) is 11.8 Å². The number of amides is 2. The first-order valence-corrected chi connectivity index (χ1v) is 12.6. The van der Waals surface area contributed by atoms with Crippen LogP contribution in [0, 0.1) is 11.8 Å². The first kappa shape index (κ1) is 25.5. The molecule has 2 aliphatic heterocycles. The molecule has 0 unspecified atom stereocenters. The second kappa shape index (κ2) is 9.95. The molecule has 3 aromatic carbocycles. The molecule has 2 fully saturated rings. The van der Waals surface area contributed by atoms with Gasteiger partial charge in [0, 0.05) is 25.8 Å². The van der Waals surface area contributed by atoms with E-state index in [0.717, 1.165) is 11.3 Å². The molecule has 38 heavy (non-hydrogen) atoms. The summed E-state index contributed by atoms with van der Waals surface area (Å²) in [5.41, 5.74) is 1.27. The molecule has 0 bridgehead atoms. The predicted octanol–water partition coefficient (Wildman–Crippen LogP) is 3.67. The average molecular weight is 514 g/mol. The number of benzene rings is 3. The van der Waals surface area contributed by atoms with Gasteiger partial charge < -0.3 is 14.4 Å². The van der Waals surface area contributed by atoms with Crippen LogP contribution in [0.3, 0.4) is 0 Å². The van der Waals surface area contributed by atoms with Crippen molar-refractivity contribution in [2.75, 3.05) is 37.6 Å². The Labute approximate surface area is 222 Å². The van der Waals surface area contributed by atoms with Gasteiger partial charge in [-0.2, -0.15) is 0 Å². The molecule has 3 aromatic rings. The van der Waals surface area contributed by atoms with Gasteiger partial charge in [0.1, 0.15) is 5.75 Å². The van der Waals surface area contributed by atoms with Crippen molar-refractivity contribution >= 4 is 29.2 Å². The number of imide groups is 1. The lowest BCUT2D eigenvalue weighted by Gasteiger charge is -2.33. The third-order valence-electron chi connectivity index (χ3n) is 7.47. The molecule has 1 N–H and O–H groups in total. The van der Waals surface area contributed by atoms with E-state index < -0.39 is 35.3 Å². The Morgan fingerprint density at radius 3 is 2.18 bits per heavy atom. The summed E-state index contributed by atoms with van der Waals surface area (Å²) in [6.07, 6.45) is 0. The number of hydrogen-bond donors (Lipinski definition) is 1. The van der Waals surface area contributed by atoms with E-state index in [1.54, 1.807) is 48.5 Å². The van der Waals surface area contributed by atoms with E-state index in [4.69, 9.17) is 9.47 Å². The molecule has 2 aliphatic rings. The summed E-state index contributed by atoms with van der Waals surface area (Å²) in [6.45, 7) is 2.39. The van der Waals surface area contributed by atoms with Crippen LogP contribution in [-0.2, 0) is 24.7 Å². The SMILES string of the molecule is CCOc1ccc(N2C(=O)[C@@H]3[C@H](c4ccc(N(C)C)cc4)N[C@](C(=O)OC)(c4ccccc4)[C@H]3C2=O)cc1. The van der Waals surface area contributed by atoms with Crippen LogP contribution >= 0.6 is 0 Å². The first-order chi connectivity index (χ1) is 18.3. The maximum absolute atomic E-state index is 14.2. The molecular formula is C30H31N3O5. The quantitative estimate of drug-likeness (QED) is 0.381. The summed E-state index contributed by atoms with van der Waals surface area (Å²) in [6, 6.07) is 23.1. The summed E-state index contributed by atoms with van der Waals surface area (Å²) in [5.74, 6) is -2.60. The fraction of sp³-hybridized carbons (Fsp3) is 0.300. The lowest BCUT2D eigenvalue weighted by molar-refractivity contribution is -0.152. The number of ether oxygens (including phenoxy) is 2. The zero-order valence-corrected chi connectivity index (χ0v) is 21.9. The maximum Gasteiger partial charge on any atom is 0.331 e. The number of methoxy groups -OCH3 is 1. The first-order valence-electron chi connectivity index (χ1n) is 12.6. The Hall–Kier alpha value is -4.17. The number of nitrogens with one attached hydrogen (secondary N) is 1. The number of rotatable bonds is 7. The van der Waals surface area contributed by atoms with Gasteiger partial charge in [0.25, 0.3) is 0 Å². The second-order valence-electron chi connectivity index (χ2n) is 9.72. The summed E-state index contributed by atoms with van der Waals surface area (Å²) in [4.78, 5) is 45.0. The van der Waals surface area contributed by atoms with E-state index in [-0.39, 0.29) is 5.91 Å². The van der Waals surface area contributed by atoms with Crippen molar-refractivity contribution in [3.63, 3.8) is 0 Å². The van der Waals surface area contributed by atoms with E-state index in [2.05, 4.69) is 5.32 Å². The zero-order chi connectivity index (χ0) is 27.0. The fourth-order valence-electron chi connectivity index (χ4n) is 5.72. The maximum atomic E-state index is 14.2. The highest BCUT2D eigenvalue weighted by atomic mass is 16.5. The van der Waals surface area contributed by atoms with Crippen LogP contribution < -0.4 is 19.9 Å². The molecule has 0 saturated carbocycles. The predicted molar refractivity (Wildman–Crippen MR) is 144 cm³/mol. The monoisotopic (exact) mass is 513 g/mol. The van der Waals surface area contributed by atoms with Gasteiger partial charge in [-0.3, -0.25) is 14.9 Å². The van der Waals surface area contributed by atoms with Gasteiger partial charge >= 0.3 is 5.97 Å². The van der Waals surface area contributed by atoms with E-state index in [0.29, 0.717) is 23.6 Å². The van der Waals surface area contributed by atoms with Gasteiger partial charge in [-0.1, -0.05) is 42.5 Å². The van der Waals surface area contributed by atoms with E-state index >= 15 is 0 Å². The number of esters is 1. The number of fused-ring (bicyclic) bond motifs is 1. The minimum absolute atomic E-state index is 0.361. The average Bonchev–Trinajstić information content (AvgIpc) is 3.43. The highest BCUT2D eigenvalue weighted by molar-refractivity contribution is 6.24. The van der Waals surface area contributed by atoms with Crippen molar-refractivity contribution in [2.45, 2.75) is 18.5 Å². The molecule has 4 atom stereocenters. The van der Waals surface area contributed by atoms with E-state index in [1.807, 2.05) is 56.3 Å². The molecule has 8 heteroatoms. The summed E-state index contributed by atoms with van der Waals surface area (Å²) in [7, 11) is 5.20. The molecular weight excluding hydrogens is 482 g/mol.